The average molecular weight is 268 g/mol. The Bertz CT molecular complexity index is 430. The summed E-state index contributed by atoms with van der Waals surface area (Å²) in [6.07, 6.45) is 0.797. The maximum absolute atomic E-state index is 11.9. The van der Waals surface area contributed by atoms with Crippen LogP contribution in [0.1, 0.15) is 34.1 Å². The smallest absolute Gasteiger partial charge is 0.330 e. The third-order valence-corrected chi connectivity index (χ3v) is 3.84. The van der Waals surface area contributed by atoms with E-state index in [1.165, 1.54) is 4.90 Å². The van der Waals surface area contributed by atoms with Crippen LogP contribution in [0.25, 0.3) is 0 Å². The summed E-state index contributed by atoms with van der Waals surface area (Å²) in [7, 11) is 0. The molecule has 0 spiro atoms. The van der Waals surface area contributed by atoms with Gasteiger partial charge in [0.15, 0.2) is 6.73 Å². The highest BCUT2D eigenvalue weighted by Crippen LogP contribution is 2.52. The summed E-state index contributed by atoms with van der Waals surface area (Å²) in [6, 6.07) is -0.428. The summed E-state index contributed by atoms with van der Waals surface area (Å²) in [4.78, 5) is 37.8. The molecule has 1 saturated carbocycles. The van der Waals surface area contributed by atoms with Crippen molar-refractivity contribution in [2.75, 3.05) is 13.3 Å². The predicted molar refractivity (Wildman–Crippen MR) is 66.9 cm³/mol. The van der Waals surface area contributed by atoms with Crippen LogP contribution in [0.15, 0.2) is 0 Å². The number of esters is 1. The van der Waals surface area contributed by atoms with Gasteiger partial charge in [0.2, 0.25) is 0 Å². The Labute approximate surface area is 112 Å². The van der Waals surface area contributed by atoms with E-state index in [1.807, 2.05) is 27.7 Å². The molecular formula is C13H20N2O4. The topological polar surface area (TPSA) is 66.9 Å². The molecule has 1 atom stereocenters. The van der Waals surface area contributed by atoms with E-state index in [2.05, 4.69) is 0 Å². The second kappa shape index (κ2) is 4.51. The lowest BCUT2D eigenvalue weighted by Gasteiger charge is -2.20. The molecule has 2 aliphatic rings. The highest BCUT2D eigenvalue weighted by Gasteiger charge is 2.52. The molecule has 0 aromatic rings. The summed E-state index contributed by atoms with van der Waals surface area (Å²) < 4.78 is 5.07. The zero-order valence-corrected chi connectivity index (χ0v) is 11.8. The Hall–Kier alpha value is -1.59. The van der Waals surface area contributed by atoms with E-state index in [0.717, 1.165) is 11.3 Å². The van der Waals surface area contributed by atoms with Crippen LogP contribution in [-0.2, 0) is 14.3 Å². The fourth-order valence-electron chi connectivity index (χ4n) is 2.19. The molecule has 0 aromatic heterocycles. The van der Waals surface area contributed by atoms with Crippen molar-refractivity contribution in [3.63, 3.8) is 0 Å². The van der Waals surface area contributed by atoms with Gasteiger partial charge < -0.3 is 9.64 Å². The Morgan fingerprint density at radius 1 is 1.42 bits per heavy atom. The van der Waals surface area contributed by atoms with Crippen molar-refractivity contribution in [2.24, 2.45) is 11.3 Å². The van der Waals surface area contributed by atoms with Crippen molar-refractivity contribution in [3.8, 4) is 0 Å². The van der Waals surface area contributed by atoms with Crippen LogP contribution in [0.4, 0.5) is 4.79 Å². The van der Waals surface area contributed by atoms with Gasteiger partial charge in [0, 0.05) is 6.04 Å². The fraction of sp³-hybridized carbons (Fsp3) is 0.769. The molecule has 0 N–H and O–H groups in total. The van der Waals surface area contributed by atoms with Gasteiger partial charge in [-0.15, -0.1) is 0 Å². The normalized spacial score (nSPS) is 25.2. The fourth-order valence-corrected chi connectivity index (χ4v) is 2.19. The van der Waals surface area contributed by atoms with Gasteiger partial charge in [-0.1, -0.05) is 13.8 Å². The molecule has 3 amide bonds. The summed E-state index contributed by atoms with van der Waals surface area (Å²) in [6.45, 7) is 7.45. The van der Waals surface area contributed by atoms with Gasteiger partial charge in [-0.05, 0) is 25.7 Å². The van der Waals surface area contributed by atoms with Gasteiger partial charge in [0.25, 0.3) is 5.91 Å². The van der Waals surface area contributed by atoms with Crippen LogP contribution in [0.3, 0.4) is 0 Å². The zero-order valence-electron chi connectivity index (χ0n) is 11.8. The molecule has 1 aliphatic heterocycles. The lowest BCUT2D eigenvalue weighted by molar-refractivity contribution is -0.151. The molecule has 0 radical (unpaired) electrons. The van der Waals surface area contributed by atoms with Gasteiger partial charge >= 0.3 is 12.0 Å². The number of rotatable bonds is 4. The first kappa shape index (κ1) is 13.8. The molecule has 2 rings (SSSR count). The number of carbonyl (C=O) groups is 3. The highest BCUT2D eigenvalue weighted by atomic mass is 16.5. The van der Waals surface area contributed by atoms with Gasteiger partial charge in [0.1, 0.15) is 6.54 Å². The van der Waals surface area contributed by atoms with Crippen LogP contribution in [0.2, 0.25) is 0 Å². The number of hydrogen-bond acceptors (Lipinski definition) is 4. The number of nitrogens with zero attached hydrogens (tertiary/aromatic N) is 2. The first-order chi connectivity index (χ1) is 8.74. The molecule has 0 bridgehead atoms. The Balaban J connectivity index is 1.88. The minimum Gasteiger partial charge on any atom is -0.443 e. The Kier molecular flexibility index (Phi) is 3.28. The van der Waals surface area contributed by atoms with Crippen molar-refractivity contribution in [2.45, 2.75) is 40.2 Å². The second-order valence-corrected chi connectivity index (χ2v) is 6.16. The lowest BCUT2D eigenvalue weighted by Crippen LogP contribution is -2.38. The van der Waals surface area contributed by atoms with E-state index in [4.69, 9.17) is 4.74 Å². The number of urea groups is 1. The second-order valence-electron chi connectivity index (χ2n) is 6.16. The van der Waals surface area contributed by atoms with Gasteiger partial charge in [-0.2, -0.15) is 0 Å². The maximum atomic E-state index is 11.9. The van der Waals surface area contributed by atoms with Crippen molar-refractivity contribution < 1.29 is 19.1 Å². The van der Waals surface area contributed by atoms with E-state index in [-0.39, 0.29) is 48.6 Å². The standard InChI is InChI=1S/C13H20N2O4/c1-8(2)14-6-10(16)15(12(14)18)7-19-11(17)9-5-13(9,3)4/h8-9H,5-7H2,1-4H3/t9-/m0/s1. The summed E-state index contributed by atoms with van der Waals surface area (Å²) in [5.74, 6) is -0.753. The van der Waals surface area contributed by atoms with Crippen LogP contribution in [0, 0.1) is 11.3 Å². The molecule has 2 fully saturated rings. The molecule has 6 nitrogen and oxygen atoms in total. The number of ether oxygens (including phenoxy) is 1. The highest BCUT2D eigenvalue weighted by molar-refractivity contribution is 6.02. The third-order valence-electron chi connectivity index (χ3n) is 3.84. The van der Waals surface area contributed by atoms with Gasteiger partial charge in [-0.3, -0.25) is 9.59 Å². The van der Waals surface area contributed by atoms with Crippen LogP contribution < -0.4 is 0 Å². The molecule has 19 heavy (non-hydrogen) atoms. The lowest BCUT2D eigenvalue weighted by atomic mass is 10.1. The number of amides is 3. The van der Waals surface area contributed by atoms with E-state index >= 15 is 0 Å². The summed E-state index contributed by atoms with van der Waals surface area (Å²) >= 11 is 0. The molecule has 0 unspecified atom stereocenters. The molecule has 1 heterocycles. The van der Waals surface area contributed by atoms with E-state index in [0.29, 0.717) is 0 Å². The van der Waals surface area contributed by atoms with Crippen molar-refractivity contribution in [1.29, 1.82) is 0 Å². The molecule has 1 saturated heterocycles. The molecule has 106 valence electrons. The monoisotopic (exact) mass is 268 g/mol. The van der Waals surface area contributed by atoms with Crippen LogP contribution in [0.5, 0.6) is 0 Å². The quantitative estimate of drug-likeness (QED) is 0.567. The number of carbonyl (C=O) groups excluding carboxylic acids is 3. The number of imide groups is 1. The van der Waals surface area contributed by atoms with Crippen molar-refractivity contribution >= 4 is 17.9 Å². The zero-order chi connectivity index (χ0) is 14.4. The number of hydrogen-bond donors (Lipinski definition) is 0. The SMILES string of the molecule is CC(C)N1CC(=O)N(COC(=O)[C@@H]2CC2(C)C)C1=O. The first-order valence-electron chi connectivity index (χ1n) is 6.51. The first-order valence-corrected chi connectivity index (χ1v) is 6.51. The van der Waals surface area contributed by atoms with Crippen molar-refractivity contribution in [3.05, 3.63) is 0 Å². The Morgan fingerprint density at radius 3 is 2.42 bits per heavy atom. The third kappa shape index (κ3) is 2.57. The average Bonchev–Trinajstić information content (AvgIpc) is 2.84. The minimum atomic E-state index is -0.386. The minimum absolute atomic E-state index is 0.0138. The van der Waals surface area contributed by atoms with E-state index in [1.54, 1.807) is 0 Å². The van der Waals surface area contributed by atoms with Crippen LogP contribution in [-0.4, -0.2) is 47.0 Å². The summed E-state index contributed by atoms with van der Waals surface area (Å²) in [5, 5.41) is 0. The maximum Gasteiger partial charge on any atom is 0.330 e. The molecule has 1 aliphatic carbocycles. The molecule has 6 heteroatoms. The van der Waals surface area contributed by atoms with E-state index < -0.39 is 0 Å². The molecular weight excluding hydrogens is 248 g/mol. The van der Waals surface area contributed by atoms with Gasteiger partial charge in [-0.25, -0.2) is 9.69 Å². The predicted octanol–water partition coefficient (Wildman–Crippen LogP) is 1.21. The Morgan fingerprint density at radius 2 is 2.00 bits per heavy atom. The largest absolute Gasteiger partial charge is 0.443 e. The van der Waals surface area contributed by atoms with Crippen LogP contribution >= 0.6 is 0 Å². The molecule has 0 aromatic carbocycles. The van der Waals surface area contributed by atoms with Gasteiger partial charge in [0.05, 0.1) is 5.92 Å². The summed E-state index contributed by atoms with van der Waals surface area (Å²) in [5.41, 5.74) is -0.0138. The van der Waals surface area contributed by atoms with Crippen molar-refractivity contribution in [1.82, 2.24) is 9.80 Å². The van der Waals surface area contributed by atoms with E-state index in [9.17, 15) is 14.4 Å².